The van der Waals surface area contributed by atoms with Crippen molar-refractivity contribution in [3.63, 3.8) is 0 Å². The lowest BCUT2D eigenvalue weighted by molar-refractivity contribution is 0.0963. The molecule has 0 radical (unpaired) electrons. The predicted octanol–water partition coefficient (Wildman–Crippen LogP) is 3.75. The molecule has 0 saturated heterocycles. The first-order valence-corrected chi connectivity index (χ1v) is 5.99. The maximum Gasteiger partial charge on any atom is 0.271 e. The first-order chi connectivity index (χ1) is 8.66. The Bertz CT molecular complexity index is 558. The van der Waals surface area contributed by atoms with Crippen LogP contribution in [0.5, 0.6) is 0 Å². The fourth-order valence-electron chi connectivity index (χ4n) is 1.39. The Hall–Kier alpha value is -1.71. The van der Waals surface area contributed by atoms with Crippen molar-refractivity contribution in [1.82, 2.24) is 5.43 Å². The number of hydrazine groups is 1. The summed E-state index contributed by atoms with van der Waals surface area (Å²) in [6.07, 6.45) is 0. The molecule has 0 bridgehead atoms. The molecule has 5 heteroatoms. The number of nitrogens with one attached hydrogen (secondary N) is 2. The number of benzene rings is 2. The van der Waals surface area contributed by atoms with Gasteiger partial charge in [0.25, 0.3) is 5.91 Å². The van der Waals surface area contributed by atoms with Crippen molar-refractivity contribution in [2.75, 3.05) is 5.43 Å². The minimum atomic E-state index is -0.341. The minimum Gasteiger partial charge on any atom is -0.298 e. The van der Waals surface area contributed by atoms with Gasteiger partial charge in [-0.1, -0.05) is 41.4 Å². The molecule has 0 aliphatic carbocycles. The summed E-state index contributed by atoms with van der Waals surface area (Å²) in [5.41, 5.74) is 6.45. The van der Waals surface area contributed by atoms with Crippen LogP contribution in [-0.4, -0.2) is 5.91 Å². The van der Waals surface area contributed by atoms with E-state index in [-0.39, 0.29) is 5.91 Å². The monoisotopic (exact) mass is 280 g/mol. The summed E-state index contributed by atoms with van der Waals surface area (Å²) < 4.78 is 0. The van der Waals surface area contributed by atoms with Crippen LogP contribution in [0.25, 0.3) is 0 Å². The largest absolute Gasteiger partial charge is 0.298 e. The maximum absolute atomic E-state index is 11.9. The molecule has 0 spiro atoms. The zero-order valence-corrected chi connectivity index (χ0v) is 10.8. The molecule has 2 aromatic carbocycles. The van der Waals surface area contributed by atoms with Gasteiger partial charge in [0.15, 0.2) is 0 Å². The Morgan fingerprint density at radius 3 is 2.44 bits per heavy atom. The lowest BCUT2D eigenvalue weighted by Gasteiger charge is -2.09. The van der Waals surface area contributed by atoms with Gasteiger partial charge in [0.1, 0.15) is 0 Å². The van der Waals surface area contributed by atoms with Gasteiger partial charge in [0.2, 0.25) is 0 Å². The first kappa shape index (κ1) is 12.7. The van der Waals surface area contributed by atoms with Crippen LogP contribution in [0.15, 0.2) is 48.5 Å². The van der Waals surface area contributed by atoms with Crippen LogP contribution in [0.4, 0.5) is 5.69 Å². The second-order valence-corrected chi connectivity index (χ2v) is 4.41. The zero-order valence-electron chi connectivity index (χ0n) is 9.28. The second kappa shape index (κ2) is 5.76. The molecule has 0 aromatic heterocycles. The van der Waals surface area contributed by atoms with E-state index in [4.69, 9.17) is 23.2 Å². The van der Waals surface area contributed by atoms with Crippen LogP contribution in [0.1, 0.15) is 10.4 Å². The highest BCUT2D eigenvalue weighted by atomic mass is 35.5. The van der Waals surface area contributed by atoms with Crippen LogP contribution in [0.2, 0.25) is 10.0 Å². The molecule has 0 unspecified atom stereocenters. The number of anilines is 1. The number of hydrogen-bond donors (Lipinski definition) is 2. The smallest absolute Gasteiger partial charge is 0.271 e. The number of carbonyl (C=O) groups excluding carboxylic acids is 1. The fraction of sp³-hybridized carbons (Fsp3) is 0. The number of halogens is 2. The molecule has 0 aliphatic heterocycles. The predicted molar refractivity (Wildman–Crippen MR) is 74.0 cm³/mol. The van der Waals surface area contributed by atoms with Gasteiger partial charge < -0.3 is 0 Å². The van der Waals surface area contributed by atoms with Crippen LogP contribution in [0.3, 0.4) is 0 Å². The fourth-order valence-corrected chi connectivity index (χ4v) is 1.76. The molecule has 1 amide bonds. The molecule has 3 nitrogen and oxygen atoms in total. The van der Waals surface area contributed by atoms with Crippen molar-refractivity contribution in [2.45, 2.75) is 0 Å². The van der Waals surface area contributed by atoms with E-state index in [2.05, 4.69) is 10.9 Å². The topological polar surface area (TPSA) is 41.1 Å². The summed E-state index contributed by atoms with van der Waals surface area (Å²) in [7, 11) is 0. The van der Waals surface area contributed by atoms with Crippen LogP contribution < -0.4 is 10.9 Å². The highest BCUT2D eigenvalue weighted by Gasteiger charge is 2.10. The number of amides is 1. The molecule has 18 heavy (non-hydrogen) atoms. The normalized spacial score (nSPS) is 9.89. The van der Waals surface area contributed by atoms with E-state index in [9.17, 15) is 4.79 Å². The summed E-state index contributed by atoms with van der Waals surface area (Å²) >= 11 is 11.7. The highest BCUT2D eigenvalue weighted by Crippen LogP contribution is 2.20. The van der Waals surface area contributed by atoms with Crippen molar-refractivity contribution in [3.8, 4) is 0 Å². The molecule has 2 rings (SSSR count). The average molecular weight is 281 g/mol. The quantitative estimate of drug-likeness (QED) is 0.841. The molecule has 92 valence electrons. The first-order valence-electron chi connectivity index (χ1n) is 5.23. The van der Waals surface area contributed by atoms with E-state index < -0.39 is 0 Å². The third-order valence-electron chi connectivity index (χ3n) is 2.27. The van der Waals surface area contributed by atoms with Crippen molar-refractivity contribution in [1.29, 1.82) is 0 Å². The van der Waals surface area contributed by atoms with E-state index >= 15 is 0 Å². The third-order valence-corrected chi connectivity index (χ3v) is 2.83. The van der Waals surface area contributed by atoms with Crippen LogP contribution in [0, 0.1) is 0 Å². The van der Waals surface area contributed by atoms with Crippen molar-refractivity contribution in [3.05, 3.63) is 64.1 Å². The van der Waals surface area contributed by atoms with Gasteiger partial charge in [-0.05, 0) is 30.3 Å². The molecule has 0 atom stereocenters. The maximum atomic E-state index is 11.9. The van der Waals surface area contributed by atoms with Gasteiger partial charge in [-0.3, -0.25) is 15.6 Å². The summed E-state index contributed by atoms with van der Waals surface area (Å²) in [4.78, 5) is 11.9. The minimum absolute atomic E-state index is 0.326. The Balaban J connectivity index is 2.06. The van der Waals surface area contributed by atoms with Gasteiger partial charge in [0, 0.05) is 5.02 Å². The molecule has 2 aromatic rings. The zero-order chi connectivity index (χ0) is 13.0. The Kier molecular flexibility index (Phi) is 4.07. The molecule has 0 heterocycles. The molecule has 0 saturated carbocycles. The summed E-state index contributed by atoms with van der Waals surface area (Å²) in [6.45, 7) is 0. The summed E-state index contributed by atoms with van der Waals surface area (Å²) in [6, 6.07) is 14.0. The van der Waals surface area contributed by atoms with E-state index in [0.29, 0.717) is 15.6 Å². The van der Waals surface area contributed by atoms with Gasteiger partial charge in [-0.15, -0.1) is 0 Å². The molecular weight excluding hydrogens is 271 g/mol. The van der Waals surface area contributed by atoms with Gasteiger partial charge in [-0.25, -0.2) is 0 Å². The molecule has 0 fully saturated rings. The number of para-hydroxylation sites is 1. The van der Waals surface area contributed by atoms with Gasteiger partial charge in [0.05, 0.1) is 16.3 Å². The van der Waals surface area contributed by atoms with Gasteiger partial charge in [-0.2, -0.15) is 0 Å². The van der Waals surface area contributed by atoms with Crippen LogP contribution in [-0.2, 0) is 0 Å². The van der Waals surface area contributed by atoms with E-state index in [1.165, 1.54) is 6.07 Å². The lowest BCUT2D eigenvalue weighted by atomic mass is 10.2. The third kappa shape index (κ3) is 3.15. The summed E-state index contributed by atoms with van der Waals surface area (Å²) in [5.74, 6) is -0.341. The van der Waals surface area contributed by atoms with Crippen molar-refractivity contribution >= 4 is 34.8 Å². The number of hydrogen-bond acceptors (Lipinski definition) is 2. The lowest BCUT2D eigenvalue weighted by Crippen LogP contribution is -2.29. The summed E-state index contributed by atoms with van der Waals surface area (Å²) in [5, 5.41) is 0.816. The van der Waals surface area contributed by atoms with Crippen molar-refractivity contribution in [2.24, 2.45) is 0 Å². The van der Waals surface area contributed by atoms with E-state index in [1.54, 1.807) is 12.1 Å². The molecule has 0 aliphatic rings. The second-order valence-electron chi connectivity index (χ2n) is 3.57. The average Bonchev–Trinajstić information content (AvgIpc) is 2.40. The Morgan fingerprint density at radius 2 is 1.72 bits per heavy atom. The Morgan fingerprint density at radius 1 is 1.00 bits per heavy atom. The van der Waals surface area contributed by atoms with E-state index in [1.807, 2.05) is 30.3 Å². The number of carbonyl (C=O) groups is 1. The van der Waals surface area contributed by atoms with Crippen LogP contribution >= 0.6 is 23.2 Å². The molecular formula is C13H10Cl2N2O. The van der Waals surface area contributed by atoms with Crippen molar-refractivity contribution < 1.29 is 4.79 Å². The highest BCUT2D eigenvalue weighted by molar-refractivity contribution is 6.35. The van der Waals surface area contributed by atoms with Gasteiger partial charge >= 0.3 is 0 Å². The number of rotatable bonds is 3. The Labute approximate surface area is 115 Å². The standard InChI is InChI=1S/C13H10Cl2N2O/c14-9-6-7-12(15)11(8-9)13(18)17-16-10-4-2-1-3-5-10/h1-8,16H,(H,17,18). The van der Waals surface area contributed by atoms with E-state index in [0.717, 1.165) is 5.69 Å². The molecule has 2 N–H and O–H groups in total. The SMILES string of the molecule is O=C(NNc1ccccc1)c1cc(Cl)ccc1Cl.